The Labute approximate surface area is 170 Å². The topological polar surface area (TPSA) is 65.0 Å². The number of phenolic OH excluding ortho intramolecular Hbond substituents is 1. The third kappa shape index (κ3) is 5.29. The molecule has 5 heteroatoms. The van der Waals surface area contributed by atoms with E-state index in [4.69, 9.17) is 14.2 Å². The average molecular weight is 392 g/mol. The standard InChI is InChI=1S/C24H24O5/c1-4-5-19-12-20(25)8-11-23(19)28-15-27-21-9-6-18-14-22(10-7-17(18)13-21)29-24(26)16(2)3/h6-14,25H,2,4-5,15H2,1,3H3. The highest BCUT2D eigenvalue weighted by Crippen LogP contribution is 2.27. The highest BCUT2D eigenvalue weighted by atomic mass is 16.7. The molecule has 150 valence electrons. The first-order valence-corrected chi connectivity index (χ1v) is 9.45. The Morgan fingerprint density at radius 3 is 2.34 bits per heavy atom. The van der Waals surface area contributed by atoms with Gasteiger partial charge in [0, 0.05) is 5.57 Å². The number of aromatic hydroxyl groups is 1. The van der Waals surface area contributed by atoms with E-state index in [9.17, 15) is 9.90 Å². The second-order valence-electron chi connectivity index (χ2n) is 6.79. The van der Waals surface area contributed by atoms with E-state index in [2.05, 4.69) is 13.5 Å². The lowest BCUT2D eigenvalue weighted by Crippen LogP contribution is -2.08. The summed E-state index contributed by atoms with van der Waals surface area (Å²) in [6, 6.07) is 16.1. The summed E-state index contributed by atoms with van der Waals surface area (Å²) < 4.78 is 16.7. The first-order valence-electron chi connectivity index (χ1n) is 9.45. The van der Waals surface area contributed by atoms with Gasteiger partial charge in [0.05, 0.1) is 0 Å². The van der Waals surface area contributed by atoms with E-state index in [1.807, 2.05) is 24.3 Å². The maximum absolute atomic E-state index is 11.7. The van der Waals surface area contributed by atoms with Crippen LogP contribution in [0.4, 0.5) is 0 Å². The number of hydrogen-bond acceptors (Lipinski definition) is 5. The van der Waals surface area contributed by atoms with Crippen LogP contribution in [0, 0.1) is 0 Å². The monoisotopic (exact) mass is 392 g/mol. The van der Waals surface area contributed by atoms with Crippen molar-refractivity contribution < 1.29 is 24.1 Å². The maximum atomic E-state index is 11.7. The number of phenols is 1. The molecule has 0 aliphatic carbocycles. The molecular weight excluding hydrogens is 368 g/mol. The van der Waals surface area contributed by atoms with E-state index in [0.29, 0.717) is 22.8 Å². The largest absolute Gasteiger partial charge is 0.508 e. The summed E-state index contributed by atoms with van der Waals surface area (Å²) in [5.74, 6) is 1.62. The average Bonchev–Trinajstić information content (AvgIpc) is 2.69. The van der Waals surface area contributed by atoms with Gasteiger partial charge in [-0.2, -0.15) is 0 Å². The predicted molar refractivity (Wildman–Crippen MR) is 113 cm³/mol. The molecule has 0 radical (unpaired) electrons. The minimum absolute atomic E-state index is 0.0568. The molecule has 3 aromatic carbocycles. The van der Waals surface area contributed by atoms with Gasteiger partial charge in [0.2, 0.25) is 6.79 Å². The number of rotatable bonds is 8. The molecule has 0 bridgehead atoms. The zero-order chi connectivity index (χ0) is 20.8. The fourth-order valence-corrected chi connectivity index (χ4v) is 2.88. The van der Waals surface area contributed by atoms with Crippen LogP contribution in [-0.2, 0) is 11.2 Å². The van der Waals surface area contributed by atoms with Crippen molar-refractivity contribution in [1.29, 1.82) is 0 Å². The fourth-order valence-electron chi connectivity index (χ4n) is 2.88. The van der Waals surface area contributed by atoms with Crippen LogP contribution in [0.2, 0.25) is 0 Å². The molecule has 29 heavy (non-hydrogen) atoms. The Morgan fingerprint density at radius 2 is 1.66 bits per heavy atom. The normalized spacial score (nSPS) is 10.6. The fraction of sp³-hybridized carbons (Fsp3) is 0.208. The van der Waals surface area contributed by atoms with Gasteiger partial charge in [-0.25, -0.2) is 4.79 Å². The van der Waals surface area contributed by atoms with E-state index in [0.717, 1.165) is 29.2 Å². The van der Waals surface area contributed by atoms with Crippen molar-refractivity contribution in [3.63, 3.8) is 0 Å². The van der Waals surface area contributed by atoms with Crippen LogP contribution in [0.15, 0.2) is 66.7 Å². The molecule has 0 saturated heterocycles. The summed E-state index contributed by atoms with van der Waals surface area (Å²) in [6.45, 7) is 7.32. The van der Waals surface area contributed by atoms with Crippen LogP contribution in [0.25, 0.3) is 10.8 Å². The van der Waals surface area contributed by atoms with Gasteiger partial charge in [-0.1, -0.05) is 32.1 Å². The smallest absolute Gasteiger partial charge is 0.338 e. The quantitative estimate of drug-likeness (QED) is 0.241. The molecule has 1 N–H and O–H groups in total. The number of carbonyl (C=O) groups excluding carboxylic acids is 1. The molecule has 3 rings (SSSR count). The molecule has 0 aromatic heterocycles. The van der Waals surface area contributed by atoms with Gasteiger partial charge in [-0.15, -0.1) is 0 Å². The molecule has 0 saturated carbocycles. The molecule has 0 amide bonds. The zero-order valence-corrected chi connectivity index (χ0v) is 16.6. The van der Waals surface area contributed by atoms with Gasteiger partial charge >= 0.3 is 5.97 Å². The molecule has 0 heterocycles. The van der Waals surface area contributed by atoms with E-state index in [1.165, 1.54) is 0 Å². The number of fused-ring (bicyclic) bond motifs is 1. The molecule has 3 aromatic rings. The number of benzene rings is 3. The van der Waals surface area contributed by atoms with E-state index in [1.54, 1.807) is 37.3 Å². The summed E-state index contributed by atoms with van der Waals surface area (Å²) in [5.41, 5.74) is 1.30. The van der Waals surface area contributed by atoms with E-state index in [-0.39, 0.29) is 12.5 Å². The van der Waals surface area contributed by atoms with Gasteiger partial charge in [0.15, 0.2) is 0 Å². The van der Waals surface area contributed by atoms with Crippen molar-refractivity contribution in [3.05, 3.63) is 72.3 Å². The Balaban J connectivity index is 1.65. The maximum Gasteiger partial charge on any atom is 0.338 e. The minimum Gasteiger partial charge on any atom is -0.508 e. The molecular formula is C24H24O5. The van der Waals surface area contributed by atoms with Crippen LogP contribution >= 0.6 is 0 Å². The van der Waals surface area contributed by atoms with Crippen LogP contribution in [0.3, 0.4) is 0 Å². The second-order valence-corrected chi connectivity index (χ2v) is 6.79. The molecule has 0 spiro atoms. The Bertz CT molecular complexity index is 1040. The lowest BCUT2D eigenvalue weighted by Gasteiger charge is -2.13. The van der Waals surface area contributed by atoms with Crippen molar-refractivity contribution in [2.75, 3.05) is 6.79 Å². The van der Waals surface area contributed by atoms with Gasteiger partial charge in [-0.05, 0) is 72.1 Å². The number of aryl methyl sites for hydroxylation is 1. The van der Waals surface area contributed by atoms with Crippen molar-refractivity contribution in [1.82, 2.24) is 0 Å². The first kappa shape index (κ1) is 20.3. The molecule has 0 atom stereocenters. The third-order valence-corrected chi connectivity index (χ3v) is 4.35. The van der Waals surface area contributed by atoms with Gasteiger partial charge in [0.1, 0.15) is 23.0 Å². The minimum atomic E-state index is -0.446. The van der Waals surface area contributed by atoms with Gasteiger partial charge in [-0.3, -0.25) is 0 Å². The SMILES string of the molecule is C=C(C)C(=O)Oc1ccc2cc(OCOc3ccc(O)cc3CCC)ccc2c1. The Kier molecular flexibility index (Phi) is 6.39. The second kappa shape index (κ2) is 9.15. The highest BCUT2D eigenvalue weighted by molar-refractivity contribution is 5.90. The van der Waals surface area contributed by atoms with Crippen LogP contribution in [0.1, 0.15) is 25.8 Å². The van der Waals surface area contributed by atoms with Crippen LogP contribution in [0.5, 0.6) is 23.0 Å². The first-order chi connectivity index (χ1) is 14.0. The number of esters is 1. The highest BCUT2D eigenvalue weighted by Gasteiger charge is 2.08. The molecule has 0 aliphatic rings. The summed E-state index contributed by atoms with van der Waals surface area (Å²) >= 11 is 0. The van der Waals surface area contributed by atoms with Gasteiger partial charge < -0.3 is 19.3 Å². The third-order valence-electron chi connectivity index (χ3n) is 4.35. The van der Waals surface area contributed by atoms with Crippen LogP contribution < -0.4 is 14.2 Å². The van der Waals surface area contributed by atoms with Gasteiger partial charge in [0.25, 0.3) is 0 Å². The Hall–Kier alpha value is -3.47. The predicted octanol–water partition coefficient (Wildman–Crippen LogP) is 5.39. The summed E-state index contributed by atoms with van der Waals surface area (Å²) in [6.07, 6.45) is 1.77. The molecule has 0 aliphatic heterocycles. The number of hydrogen-bond donors (Lipinski definition) is 1. The summed E-state index contributed by atoms with van der Waals surface area (Å²) in [7, 11) is 0. The Morgan fingerprint density at radius 1 is 0.966 bits per heavy atom. The lowest BCUT2D eigenvalue weighted by atomic mass is 10.1. The summed E-state index contributed by atoms with van der Waals surface area (Å²) in [5, 5.41) is 11.5. The molecule has 0 fully saturated rings. The van der Waals surface area contributed by atoms with Crippen molar-refractivity contribution >= 4 is 16.7 Å². The van der Waals surface area contributed by atoms with E-state index >= 15 is 0 Å². The van der Waals surface area contributed by atoms with Crippen molar-refractivity contribution in [3.8, 4) is 23.0 Å². The number of carbonyl (C=O) groups is 1. The van der Waals surface area contributed by atoms with E-state index < -0.39 is 5.97 Å². The van der Waals surface area contributed by atoms with Crippen molar-refractivity contribution in [2.45, 2.75) is 26.7 Å². The van der Waals surface area contributed by atoms with Crippen LogP contribution in [-0.4, -0.2) is 17.9 Å². The summed E-state index contributed by atoms with van der Waals surface area (Å²) in [4.78, 5) is 11.7. The molecule has 5 nitrogen and oxygen atoms in total. The molecule has 0 unspecified atom stereocenters. The van der Waals surface area contributed by atoms with Crippen molar-refractivity contribution in [2.24, 2.45) is 0 Å². The lowest BCUT2D eigenvalue weighted by molar-refractivity contribution is -0.130. The zero-order valence-electron chi connectivity index (χ0n) is 16.6. The number of ether oxygens (including phenoxy) is 3.